The lowest BCUT2D eigenvalue weighted by Crippen LogP contribution is -2.34. The van der Waals surface area contributed by atoms with Crippen molar-refractivity contribution in [2.75, 3.05) is 0 Å². The Morgan fingerprint density at radius 2 is 1.81 bits per heavy atom. The highest BCUT2D eigenvalue weighted by Gasteiger charge is 2.38. The van der Waals surface area contributed by atoms with Crippen molar-refractivity contribution in [2.45, 2.75) is 70.4 Å². The Hall–Kier alpha value is -0.530. The Balaban J connectivity index is 1.61. The summed E-state index contributed by atoms with van der Waals surface area (Å²) in [5, 5.41) is 0. The van der Waals surface area contributed by atoms with E-state index in [1.807, 2.05) is 6.92 Å². The van der Waals surface area contributed by atoms with Crippen LogP contribution in [-0.2, 0) is 4.74 Å². The molecule has 16 heavy (non-hydrogen) atoms. The fourth-order valence-electron chi connectivity index (χ4n) is 3.94. The predicted molar refractivity (Wildman–Crippen MR) is 65.7 cm³/mol. The van der Waals surface area contributed by atoms with Crippen molar-refractivity contribution in [3.8, 4) is 0 Å². The smallest absolute Gasteiger partial charge is 0.180 e. The number of hydrogen-bond acceptors (Lipinski definition) is 2. The Bertz CT molecular complexity index is 280. The van der Waals surface area contributed by atoms with E-state index in [-0.39, 0.29) is 0 Å². The van der Waals surface area contributed by atoms with Crippen LogP contribution in [0.1, 0.15) is 58.3 Å². The number of aliphatic imine (C=N–C) groups is 1. The van der Waals surface area contributed by atoms with Gasteiger partial charge in [0.1, 0.15) is 6.10 Å². The molecule has 2 aliphatic carbocycles. The minimum atomic E-state index is 0.430. The number of hydrogen-bond donors (Lipinski definition) is 0. The fraction of sp³-hybridized carbons (Fsp3) is 0.929. The summed E-state index contributed by atoms with van der Waals surface area (Å²) in [5.74, 6) is 2.88. The van der Waals surface area contributed by atoms with Crippen molar-refractivity contribution in [1.29, 1.82) is 0 Å². The second-order valence-electron chi connectivity index (χ2n) is 5.84. The monoisotopic (exact) mass is 221 g/mol. The highest BCUT2D eigenvalue weighted by Crippen LogP contribution is 2.41. The molecule has 0 aromatic rings. The van der Waals surface area contributed by atoms with Crippen LogP contribution >= 0.6 is 0 Å². The lowest BCUT2D eigenvalue weighted by Gasteiger charge is -2.36. The van der Waals surface area contributed by atoms with Gasteiger partial charge in [-0.15, -0.1) is 0 Å². The second kappa shape index (κ2) is 4.38. The first kappa shape index (κ1) is 10.6. The summed E-state index contributed by atoms with van der Waals surface area (Å²) in [6, 6.07) is 0.501. The number of nitrogens with zero attached hydrogens (tertiary/aromatic N) is 1. The van der Waals surface area contributed by atoms with Gasteiger partial charge in [0.15, 0.2) is 5.90 Å². The Labute approximate surface area is 98.5 Å². The number of ether oxygens (including phenoxy) is 1. The van der Waals surface area contributed by atoms with Gasteiger partial charge in [-0.2, -0.15) is 0 Å². The SMILES string of the molecule is CC1=NC2CC(C3CCCCC3)CCC2O1. The third-order valence-corrected chi connectivity index (χ3v) is 4.78. The normalized spacial score (nSPS) is 40.1. The zero-order valence-electron chi connectivity index (χ0n) is 10.3. The molecule has 1 aliphatic heterocycles. The van der Waals surface area contributed by atoms with Gasteiger partial charge in [-0.05, 0) is 31.1 Å². The maximum absolute atomic E-state index is 5.75. The highest BCUT2D eigenvalue weighted by molar-refractivity contribution is 5.75. The van der Waals surface area contributed by atoms with Gasteiger partial charge in [0, 0.05) is 6.92 Å². The summed E-state index contributed by atoms with van der Waals surface area (Å²) in [6.45, 7) is 2.01. The summed E-state index contributed by atoms with van der Waals surface area (Å²) in [5.41, 5.74) is 0. The Morgan fingerprint density at radius 3 is 2.62 bits per heavy atom. The van der Waals surface area contributed by atoms with Gasteiger partial charge in [-0.1, -0.05) is 32.1 Å². The molecule has 3 rings (SSSR count). The molecule has 1 heterocycles. The van der Waals surface area contributed by atoms with Crippen LogP contribution in [0, 0.1) is 11.8 Å². The molecule has 0 radical (unpaired) electrons. The quantitative estimate of drug-likeness (QED) is 0.663. The predicted octanol–water partition coefficient (Wildman–Crippen LogP) is 3.55. The van der Waals surface area contributed by atoms with Crippen molar-refractivity contribution in [3.05, 3.63) is 0 Å². The van der Waals surface area contributed by atoms with Crippen molar-refractivity contribution < 1.29 is 4.74 Å². The molecule has 2 saturated carbocycles. The largest absolute Gasteiger partial charge is 0.476 e. The first-order valence-corrected chi connectivity index (χ1v) is 7.04. The number of rotatable bonds is 1. The van der Waals surface area contributed by atoms with Crippen LogP contribution < -0.4 is 0 Å². The summed E-state index contributed by atoms with van der Waals surface area (Å²) in [6.07, 6.45) is 11.7. The van der Waals surface area contributed by atoms with E-state index in [4.69, 9.17) is 4.74 Å². The van der Waals surface area contributed by atoms with E-state index in [1.54, 1.807) is 0 Å². The van der Waals surface area contributed by atoms with Crippen LogP contribution in [0.5, 0.6) is 0 Å². The van der Waals surface area contributed by atoms with Crippen LogP contribution in [0.4, 0.5) is 0 Å². The van der Waals surface area contributed by atoms with Gasteiger partial charge >= 0.3 is 0 Å². The minimum absolute atomic E-state index is 0.430. The van der Waals surface area contributed by atoms with E-state index in [1.165, 1.54) is 51.4 Å². The van der Waals surface area contributed by atoms with Crippen LogP contribution in [0.2, 0.25) is 0 Å². The minimum Gasteiger partial charge on any atom is -0.476 e. The molecular weight excluding hydrogens is 198 g/mol. The average Bonchev–Trinajstić information content (AvgIpc) is 2.69. The van der Waals surface area contributed by atoms with Crippen LogP contribution in [0.3, 0.4) is 0 Å². The van der Waals surface area contributed by atoms with E-state index in [2.05, 4.69) is 4.99 Å². The molecule has 90 valence electrons. The van der Waals surface area contributed by atoms with Gasteiger partial charge in [-0.25, -0.2) is 4.99 Å². The maximum atomic E-state index is 5.75. The van der Waals surface area contributed by atoms with Crippen molar-refractivity contribution in [3.63, 3.8) is 0 Å². The van der Waals surface area contributed by atoms with Crippen molar-refractivity contribution >= 4 is 5.90 Å². The van der Waals surface area contributed by atoms with E-state index in [0.717, 1.165) is 17.7 Å². The molecule has 2 heteroatoms. The molecule has 0 spiro atoms. The average molecular weight is 221 g/mol. The summed E-state index contributed by atoms with van der Waals surface area (Å²) in [7, 11) is 0. The third kappa shape index (κ3) is 1.99. The van der Waals surface area contributed by atoms with Gasteiger partial charge in [0.25, 0.3) is 0 Å². The molecule has 3 atom stereocenters. The Morgan fingerprint density at radius 1 is 1.00 bits per heavy atom. The zero-order chi connectivity index (χ0) is 11.0. The standard InChI is InChI=1S/C14H23NO/c1-10-15-13-9-12(7-8-14(13)16-10)11-5-3-2-4-6-11/h11-14H,2-9H2,1H3. The molecular formula is C14H23NO. The van der Waals surface area contributed by atoms with Gasteiger partial charge in [-0.3, -0.25) is 0 Å². The summed E-state index contributed by atoms with van der Waals surface area (Å²) < 4.78 is 5.75. The van der Waals surface area contributed by atoms with Crippen LogP contribution in [0.15, 0.2) is 4.99 Å². The Kier molecular flexibility index (Phi) is 2.91. The first-order valence-electron chi connectivity index (χ1n) is 7.04. The van der Waals surface area contributed by atoms with Gasteiger partial charge in [0.05, 0.1) is 6.04 Å². The molecule has 0 aromatic carbocycles. The topological polar surface area (TPSA) is 21.6 Å². The molecule has 3 aliphatic rings. The molecule has 0 N–H and O–H groups in total. The van der Waals surface area contributed by atoms with E-state index >= 15 is 0 Å². The van der Waals surface area contributed by atoms with Crippen molar-refractivity contribution in [1.82, 2.24) is 0 Å². The molecule has 0 saturated heterocycles. The molecule has 3 unspecified atom stereocenters. The lowest BCUT2D eigenvalue weighted by molar-refractivity contribution is 0.0943. The van der Waals surface area contributed by atoms with E-state index < -0.39 is 0 Å². The molecule has 2 nitrogen and oxygen atoms in total. The van der Waals surface area contributed by atoms with Gasteiger partial charge < -0.3 is 4.74 Å². The summed E-state index contributed by atoms with van der Waals surface area (Å²) in [4.78, 5) is 4.65. The van der Waals surface area contributed by atoms with Crippen LogP contribution in [0.25, 0.3) is 0 Å². The van der Waals surface area contributed by atoms with Crippen molar-refractivity contribution in [2.24, 2.45) is 16.8 Å². The number of fused-ring (bicyclic) bond motifs is 1. The highest BCUT2D eigenvalue weighted by atomic mass is 16.5. The zero-order valence-corrected chi connectivity index (χ0v) is 10.3. The third-order valence-electron chi connectivity index (χ3n) is 4.78. The fourth-order valence-corrected chi connectivity index (χ4v) is 3.94. The second-order valence-corrected chi connectivity index (χ2v) is 5.84. The molecule has 0 amide bonds. The lowest BCUT2D eigenvalue weighted by atomic mass is 9.71. The molecule has 2 fully saturated rings. The van der Waals surface area contributed by atoms with Gasteiger partial charge in [0.2, 0.25) is 0 Å². The van der Waals surface area contributed by atoms with E-state index in [0.29, 0.717) is 12.1 Å². The van der Waals surface area contributed by atoms with E-state index in [9.17, 15) is 0 Å². The molecule has 0 bridgehead atoms. The first-order chi connectivity index (χ1) is 7.83. The van der Waals surface area contributed by atoms with Crippen LogP contribution in [-0.4, -0.2) is 18.0 Å². The molecule has 0 aromatic heterocycles. The maximum Gasteiger partial charge on any atom is 0.180 e. The summed E-state index contributed by atoms with van der Waals surface area (Å²) >= 11 is 0.